The number of hydrogen-bond acceptors (Lipinski definition) is 14. The maximum absolute atomic E-state index is 15.7. The van der Waals surface area contributed by atoms with Gasteiger partial charge in [0.25, 0.3) is 5.92 Å². The first kappa shape index (κ1) is 64.1. The number of alkyl halides is 8. The number of carbonyl (C=O) groups excluding carboxylic acids is 3. The van der Waals surface area contributed by atoms with Crippen molar-refractivity contribution in [1.82, 2.24) is 39.1 Å². The van der Waals surface area contributed by atoms with Gasteiger partial charge >= 0.3 is 32.2 Å². The molecule has 0 saturated heterocycles. The second kappa shape index (κ2) is 23.1. The zero-order valence-electron chi connectivity index (χ0n) is 44.0. The number of benzene rings is 2. The average Bonchev–Trinajstić information content (AvgIpc) is 1.53. The first-order valence-electron chi connectivity index (χ1n) is 24.7. The van der Waals surface area contributed by atoms with Crippen LogP contribution in [0.4, 0.5) is 48.7 Å². The standard InChI is InChI=1S/C49H46ClF10N8O14PS2/c1-45(2,85(3,79)80)9-8-27-4-5-28(40(61-27)33(14-24-12-25(51)15-26(52)13-24)62-35(69)19-66-43-38(42(64-66)49(58,59)60)30-16-31(30)48(43,56)57)29-6-7-32(50)39-34(63-67(41(29)39)22-47(53,54)55)18-68(84(77)78)36(70)17-46(10-11-46)21-65(20-37(71)72)44(73)81-23-82-83(74,75)76/h4-7,12-13,15,30-31,33,84H,10-11,14,16-23H2,1-3H3,(H,62,69)(H,71,72)(H2,74,75,76)/t30-,31+,33?/m0/s1. The Morgan fingerprint density at radius 1 is 0.988 bits per heavy atom. The SMILES string of the molecule is CC(C)(C#Cc1ccc(-c2ccc(Cl)c3c(CN(C(=O)CC4(CN(CC(=O)O)C(=O)OCOP(=O)(O)O)CC4)[SH](=O)=O)nn(CC(F)(F)F)c23)c(C(Cc2cc(F)cc(F)c2)NC(=O)Cn2nc(C(F)(F)F)c3c2C(F)(F)[C@@H]2C[C@H]32)n1)S(C)(=O)=O. The van der Waals surface area contributed by atoms with Gasteiger partial charge in [0.2, 0.25) is 29.5 Å². The number of carboxylic acids is 1. The van der Waals surface area contributed by atoms with Gasteiger partial charge in [-0.15, -0.1) is 0 Å². The lowest BCUT2D eigenvalue weighted by Gasteiger charge is -2.26. The molecule has 22 nitrogen and oxygen atoms in total. The van der Waals surface area contributed by atoms with Gasteiger partial charge < -0.3 is 24.9 Å². The summed E-state index contributed by atoms with van der Waals surface area (Å²) >= 11 is 6.71. The number of rotatable bonds is 21. The number of aromatic nitrogens is 5. The summed E-state index contributed by atoms with van der Waals surface area (Å²) in [5.74, 6) is -8.20. The number of nitrogens with one attached hydrogen (secondary N) is 1. The highest BCUT2D eigenvalue weighted by Gasteiger charge is 2.68. The summed E-state index contributed by atoms with van der Waals surface area (Å²) < 4.78 is 218. The van der Waals surface area contributed by atoms with Gasteiger partial charge in [-0.3, -0.25) is 28.6 Å². The molecule has 3 aromatic heterocycles. The third-order valence-electron chi connectivity index (χ3n) is 14.2. The van der Waals surface area contributed by atoms with Crippen molar-refractivity contribution in [2.24, 2.45) is 11.3 Å². The molecular weight excluding hydrogens is 1250 g/mol. The van der Waals surface area contributed by atoms with Gasteiger partial charge in [-0.2, -0.15) is 45.3 Å². The molecule has 460 valence electrons. The number of carbonyl (C=O) groups is 4. The van der Waals surface area contributed by atoms with Crippen LogP contribution in [0.2, 0.25) is 5.02 Å². The van der Waals surface area contributed by atoms with Gasteiger partial charge in [0.1, 0.15) is 47.4 Å². The molecule has 36 heteroatoms. The molecule has 3 heterocycles. The molecule has 3 atom stereocenters. The summed E-state index contributed by atoms with van der Waals surface area (Å²) in [5, 5.41) is 18.4. The van der Waals surface area contributed by atoms with E-state index in [1.54, 1.807) is 0 Å². The third kappa shape index (κ3) is 14.5. The van der Waals surface area contributed by atoms with Crippen LogP contribution < -0.4 is 5.32 Å². The second-order valence-corrected chi connectivity index (χ2v) is 26.1. The summed E-state index contributed by atoms with van der Waals surface area (Å²) in [6.07, 6.45) is -12.8. The highest BCUT2D eigenvalue weighted by molar-refractivity contribution is 7.92. The molecule has 0 bridgehead atoms. The van der Waals surface area contributed by atoms with Crippen LogP contribution in [-0.2, 0) is 87.1 Å². The monoisotopic (exact) mass is 1290 g/mol. The first-order chi connectivity index (χ1) is 39.2. The van der Waals surface area contributed by atoms with Crippen molar-refractivity contribution in [3.8, 4) is 23.0 Å². The molecule has 4 N–H and O–H groups in total. The number of amides is 3. The second-order valence-electron chi connectivity index (χ2n) is 20.9. The van der Waals surface area contributed by atoms with Crippen LogP contribution >= 0.6 is 19.4 Å². The van der Waals surface area contributed by atoms with Crippen molar-refractivity contribution in [1.29, 1.82) is 0 Å². The molecule has 3 aliphatic rings. The summed E-state index contributed by atoms with van der Waals surface area (Å²) in [7, 11) is -13.2. The Balaban J connectivity index is 1.24. The predicted octanol–water partition coefficient (Wildman–Crippen LogP) is 6.91. The summed E-state index contributed by atoms with van der Waals surface area (Å²) in [5.41, 5.74) is -8.04. The van der Waals surface area contributed by atoms with Crippen molar-refractivity contribution < 1.29 is 109 Å². The van der Waals surface area contributed by atoms with Gasteiger partial charge in [-0.25, -0.2) is 48.8 Å². The number of carboxylic acid groups (broad SMARTS) is 1. The minimum atomic E-state index is -5.26. The quantitative estimate of drug-likeness (QED) is 0.0164. The Hall–Kier alpha value is -6.89. The summed E-state index contributed by atoms with van der Waals surface area (Å²) in [4.78, 5) is 75.7. The molecule has 8 rings (SSSR count). The number of phosphoric ester groups is 1. The maximum atomic E-state index is 15.7. The Morgan fingerprint density at radius 2 is 1.64 bits per heavy atom. The van der Waals surface area contributed by atoms with Crippen LogP contribution in [0.1, 0.15) is 91.1 Å². The molecule has 3 amide bonds. The minimum absolute atomic E-state index is 0.0513. The molecule has 2 aromatic carbocycles. The fraction of sp³-hybridized carbons (Fsp3) is 0.449. The molecule has 1 unspecified atom stereocenters. The van der Waals surface area contributed by atoms with Crippen molar-refractivity contribution in [3.63, 3.8) is 0 Å². The fourth-order valence-corrected chi connectivity index (χ4v) is 11.0. The van der Waals surface area contributed by atoms with Crippen molar-refractivity contribution in [2.45, 2.75) is 101 Å². The largest absolute Gasteiger partial charge is 0.480 e. The Morgan fingerprint density at radius 3 is 2.21 bits per heavy atom. The van der Waals surface area contributed by atoms with E-state index in [1.165, 1.54) is 13.8 Å². The number of hydrogen-bond donors (Lipinski definition) is 5. The fourth-order valence-electron chi connectivity index (χ4n) is 9.81. The lowest BCUT2D eigenvalue weighted by atomic mass is 9.93. The number of phosphoric acid groups is 1. The topological polar surface area (TPSA) is 300 Å². The van der Waals surface area contributed by atoms with E-state index in [1.807, 2.05) is 0 Å². The molecular formula is C49H46ClF10N8O14PS2. The minimum Gasteiger partial charge on any atom is -0.480 e. The number of halogens is 11. The van der Waals surface area contributed by atoms with Gasteiger partial charge in [-0.05, 0) is 92.7 Å². The van der Waals surface area contributed by atoms with Crippen molar-refractivity contribution >= 4 is 74.9 Å². The van der Waals surface area contributed by atoms with E-state index >= 15 is 8.78 Å². The van der Waals surface area contributed by atoms with E-state index in [4.69, 9.17) is 21.4 Å². The molecule has 0 aliphatic heterocycles. The number of ether oxygens (including phenoxy) is 1. The van der Waals surface area contributed by atoms with E-state index in [2.05, 4.69) is 41.6 Å². The molecule has 2 saturated carbocycles. The molecule has 85 heavy (non-hydrogen) atoms. The third-order valence-corrected chi connectivity index (χ3v) is 17.7. The van der Waals surface area contributed by atoms with Crippen molar-refractivity contribution in [2.75, 3.05) is 26.1 Å². The van der Waals surface area contributed by atoms with Crippen LogP contribution in [0.15, 0.2) is 42.5 Å². The highest BCUT2D eigenvalue weighted by atomic mass is 35.5. The zero-order chi connectivity index (χ0) is 62.9. The van der Waals surface area contributed by atoms with Crippen LogP contribution in [0.25, 0.3) is 22.0 Å². The number of thiol groups is 1. The Kier molecular flexibility index (Phi) is 17.4. The smallest absolute Gasteiger partial charge is 0.472 e. The van der Waals surface area contributed by atoms with Gasteiger partial charge in [-0.1, -0.05) is 23.6 Å². The lowest BCUT2D eigenvalue weighted by molar-refractivity contribution is -0.143. The van der Waals surface area contributed by atoms with Crippen LogP contribution in [0, 0.1) is 34.8 Å². The lowest BCUT2D eigenvalue weighted by Crippen LogP contribution is -2.42. The van der Waals surface area contributed by atoms with Crippen LogP contribution in [0.5, 0.6) is 0 Å². The Labute approximate surface area is 480 Å². The number of sulfone groups is 1. The molecule has 5 aromatic rings. The molecule has 0 radical (unpaired) electrons. The number of pyridine rings is 1. The van der Waals surface area contributed by atoms with Gasteiger partial charge in [0, 0.05) is 53.3 Å². The zero-order valence-corrected chi connectivity index (χ0v) is 47.3. The first-order valence-corrected chi connectivity index (χ1v) is 29.7. The Bertz CT molecular complexity index is 3850. The van der Waals surface area contributed by atoms with E-state index in [0.29, 0.717) is 15.6 Å². The average molecular weight is 1290 g/mol. The summed E-state index contributed by atoms with van der Waals surface area (Å²) in [6, 6.07) is 4.61. The van der Waals surface area contributed by atoms with E-state index in [9.17, 15) is 80.8 Å². The van der Waals surface area contributed by atoms with E-state index in [-0.39, 0.29) is 50.6 Å². The number of nitrogens with zero attached hydrogens (tertiary/aromatic N) is 7. The van der Waals surface area contributed by atoms with Gasteiger partial charge in [0.05, 0.1) is 34.5 Å². The molecule has 2 fully saturated rings. The molecule has 3 aliphatic carbocycles. The molecule has 0 spiro atoms. The van der Waals surface area contributed by atoms with E-state index < -0.39 is 207 Å². The van der Waals surface area contributed by atoms with Crippen LogP contribution in [0.3, 0.4) is 0 Å². The number of fused-ring (bicyclic) bond motifs is 4. The number of aliphatic carboxylic acids is 1. The van der Waals surface area contributed by atoms with Crippen LogP contribution in [-0.4, -0.2) is 126 Å². The predicted molar refractivity (Wildman–Crippen MR) is 274 cm³/mol. The van der Waals surface area contributed by atoms with E-state index in [0.717, 1.165) is 42.7 Å². The normalized spacial score (nSPS) is 17.4. The van der Waals surface area contributed by atoms with Gasteiger partial charge in [0.15, 0.2) is 15.5 Å². The summed E-state index contributed by atoms with van der Waals surface area (Å²) in [6.45, 7) is -5.12. The maximum Gasteiger partial charge on any atom is 0.472 e. The highest BCUT2D eigenvalue weighted by Crippen LogP contribution is 2.68. The van der Waals surface area contributed by atoms with Crippen molar-refractivity contribution in [3.05, 3.63) is 98.7 Å².